The second-order valence-corrected chi connectivity index (χ2v) is 5.86. The van der Waals surface area contributed by atoms with E-state index in [9.17, 15) is 4.79 Å². The van der Waals surface area contributed by atoms with Crippen molar-refractivity contribution < 1.29 is 14.3 Å². The predicted molar refractivity (Wildman–Crippen MR) is 76.0 cm³/mol. The van der Waals surface area contributed by atoms with Crippen LogP contribution in [0, 0.1) is 11.8 Å². The normalized spacial score (nSPS) is 18.4. The zero-order chi connectivity index (χ0) is 14.3. The first kappa shape index (κ1) is 16.4. The van der Waals surface area contributed by atoms with Gasteiger partial charge in [-0.15, -0.1) is 0 Å². The minimum Gasteiger partial charge on any atom is -0.468 e. The first-order valence-corrected chi connectivity index (χ1v) is 7.48. The van der Waals surface area contributed by atoms with E-state index in [0.717, 1.165) is 38.8 Å². The number of hydrogen-bond donors (Lipinski definition) is 1. The lowest BCUT2D eigenvalue weighted by Gasteiger charge is -2.31. The topological polar surface area (TPSA) is 47.6 Å². The molecule has 0 radical (unpaired) electrons. The summed E-state index contributed by atoms with van der Waals surface area (Å²) in [5.74, 6) is 0.886. The number of carbonyl (C=O) groups is 1. The van der Waals surface area contributed by atoms with Gasteiger partial charge in [0.15, 0.2) is 0 Å². The third kappa shape index (κ3) is 4.77. The van der Waals surface area contributed by atoms with Crippen LogP contribution < -0.4 is 5.32 Å². The summed E-state index contributed by atoms with van der Waals surface area (Å²) < 4.78 is 10.7. The van der Waals surface area contributed by atoms with Gasteiger partial charge in [0.25, 0.3) is 0 Å². The Hall–Kier alpha value is -0.610. The lowest BCUT2D eigenvalue weighted by Crippen LogP contribution is -2.58. The second kappa shape index (κ2) is 7.85. The summed E-state index contributed by atoms with van der Waals surface area (Å²) >= 11 is 0. The Labute approximate surface area is 117 Å². The van der Waals surface area contributed by atoms with Crippen molar-refractivity contribution in [2.75, 3.05) is 26.9 Å². The van der Waals surface area contributed by atoms with Crippen LogP contribution in [0.2, 0.25) is 0 Å². The number of hydrogen-bond acceptors (Lipinski definition) is 4. The summed E-state index contributed by atoms with van der Waals surface area (Å²) in [5.41, 5.74) is -0.624. The zero-order valence-corrected chi connectivity index (χ0v) is 12.8. The Balaban J connectivity index is 2.47. The molecule has 1 saturated carbocycles. The van der Waals surface area contributed by atoms with Gasteiger partial charge in [0.2, 0.25) is 0 Å². The van der Waals surface area contributed by atoms with Gasteiger partial charge >= 0.3 is 5.97 Å². The molecule has 1 aliphatic carbocycles. The molecule has 0 heterocycles. The molecule has 1 fully saturated rings. The molecule has 0 aliphatic heterocycles. The van der Waals surface area contributed by atoms with Crippen molar-refractivity contribution in [1.82, 2.24) is 5.32 Å². The highest BCUT2D eigenvalue weighted by atomic mass is 16.5. The summed E-state index contributed by atoms with van der Waals surface area (Å²) in [6.45, 7) is 8.33. The quantitative estimate of drug-likeness (QED) is 0.489. The van der Waals surface area contributed by atoms with E-state index in [1.165, 1.54) is 7.11 Å². The average molecular weight is 271 g/mol. The summed E-state index contributed by atoms with van der Waals surface area (Å²) in [7, 11) is 1.45. The van der Waals surface area contributed by atoms with Crippen LogP contribution in [0.3, 0.4) is 0 Å². The van der Waals surface area contributed by atoms with E-state index in [-0.39, 0.29) is 5.97 Å². The number of carbonyl (C=O) groups excluding carboxylic acids is 1. The molecule has 19 heavy (non-hydrogen) atoms. The fraction of sp³-hybridized carbons (Fsp3) is 0.933. The molecule has 1 rings (SSSR count). The molecular weight excluding hydrogens is 242 g/mol. The first-order valence-electron chi connectivity index (χ1n) is 7.48. The fourth-order valence-corrected chi connectivity index (χ4v) is 2.51. The number of ether oxygens (including phenoxy) is 2. The molecule has 0 aromatic carbocycles. The maximum Gasteiger partial charge on any atom is 0.328 e. The van der Waals surface area contributed by atoms with Crippen LogP contribution in [0.5, 0.6) is 0 Å². The van der Waals surface area contributed by atoms with Gasteiger partial charge in [-0.25, -0.2) is 4.79 Å². The second-order valence-electron chi connectivity index (χ2n) is 5.86. The highest BCUT2D eigenvalue weighted by molar-refractivity contribution is 5.82. The molecule has 0 amide bonds. The third-order valence-corrected chi connectivity index (χ3v) is 3.72. The van der Waals surface area contributed by atoms with Crippen LogP contribution in [0.25, 0.3) is 0 Å². The largest absolute Gasteiger partial charge is 0.468 e. The minimum absolute atomic E-state index is 0.180. The van der Waals surface area contributed by atoms with Crippen molar-refractivity contribution in [3.05, 3.63) is 0 Å². The van der Waals surface area contributed by atoms with Gasteiger partial charge in [-0.2, -0.15) is 0 Å². The zero-order valence-electron chi connectivity index (χ0n) is 12.8. The molecule has 112 valence electrons. The maximum atomic E-state index is 12.1. The summed E-state index contributed by atoms with van der Waals surface area (Å²) in [5, 5.41) is 3.31. The molecule has 1 unspecified atom stereocenters. The highest BCUT2D eigenvalue weighted by Crippen LogP contribution is 2.40. The van der Waals surface area contributed by atoms with Gasteiger partial charge < -0.3 is 9.47 Å². The van der Waals surface area contributed by atoms with Crippen molar-refractivity contribution in [3.63, 3.8) is 0 Å². The number of likely N-dealkylation sites (N-methyl/N-ethyl adjacent to an activating group) is 1. The number of methoxy groups -OCH3 is 1. The molecule has 1 atom stereocenters. The van der Waals surface area contributed by atoms with E-state index in [0.29, 0.717) is 18.4 Å². The van der Waals surface area contributed by atoms with Gasteiger partial charge in [0.05, 0.1) is 13.7 Å². The van der Waals surface area contributed by atoms with E-state index in [1.54, 1.807) is 0 Å². The van der Waals surface area contributed by atoms with Crippen LogP contribution in [0.15, 0.2) is 0 Å². The van der Waals surface area contributed by atoms with Crippen LogP contribution in [0.1, 0.15) is 46.5 Å². The lowest BCUT2D eigenvalue weighted by molar-refractivity contribution is -0.153. The van der Waals surface area contributed by atoms with E-state index in [1.807, 2.05) is 6.92 Å². The molecule has 4 heteroatoms. The van der Waals surface area contributed by atoms with Gasteiger partial charge in [-0.05, 0) is 44.1 Å². The lowest BCUT2D eigenvalue weighted by atomic mass is 9.94. The van der Waals surface area contributed by atoms with E-state index in [2.05, 4.69) is 19.2 Å². The smallest absolute Gasteiger partial charge is 0.328 e. The Kier molecular flexibility index (Phi) is 6.80. The van der Waals surface area contributed by atoms with Crippen molar-refractivity contribution in [1.29, 1.82) is 0 Å². The van der Waals surface area contributed by atoms with Crippen molar-refractivity contribution in [3.8, 4) is 0 Å². The monoisotopic (exact) mass is 271 g/mol. The molecule has 0 spiro atoms. The average Bonchev–Trinajstić information content (AvgIpc) is 3.20. The molecule has 1 N–H and O–H groups in total. The van der Waals surface area contributed by atoms with E-state index in [4.69, 9.17) is 9.47 Å². The Morgan fingerprint density at radius 1 is 1.42 bits per heavy atom. The Morgan fingerprint density at radius 3 is 2.58 bits per heavy atom. The molecular formula is C15H29NO3. The Bertz CT molecular complexity index is 277. The minimum atomic E-state index is -0.624. The van der Waals surface area contributed by atoms with Crippen molar-refractivity contribution in [2.24, 2.45) is 11.8 Å². The Morgan fingerprint density at radius 2 is 2.11 bits per heavy atom. The first-order chi connectivity index (χ1) is 9.06. The van der Waals surface area contributed by atoms with Crippen LogP contribution >= 0.6 is 0 Å². The number of rotatable bonds is 10. The number of esters is 1. The van der Waals surface area contributed by atoms with E-state index < -0.39 is 5.54 Å². The number of nitrogens with one attached hydrogen (secondary N) is 1. The van der Waals surface area contributed by atoms with Gasteiger partial charge in [0.1, 0.15) is 5.54 Å². The standard InChI is InChI=1S/C15H29NO3/c1-5-16-15(13-8-9-13,14(17)18-4)11-19-10-6-7-12(2)3/h12-13,16H,5-11H2,1-4H3. The summed E-state index contributed by atoms with van der Waals surface area (Å²) in [6, 6.07) is 0. The highest BCUT2D eigenvalue weighted by Gasteiger charge is 2.51. The molecule has 4 nitrogen and oxygen atoms in total. The predicted octanol–water partition coefficient (Wildman–Crippen LogP) is 2.37. The SMILES string of the molecule is CCNC(COCCCC(C)C)(C(=O)OC)C1CC1. The molecule has 0 aromatic heterocycles. The molecule has 1 aliphatic rings. The van der Waals surface area contributed by atoms with Crippen molar-refractivity contribution >= 4 is 5.97 Å². The van der Waals surface area contributed by atoms with Gasteiger partial charge in [-0.1, -0.05) is 20.8 Å². The third-order valence-electron chi connectivity index (χ3n) is 3.72. The molecule has 0 aromatic rings. The summed E-state index contributed by atoms with van der Waals surface area (Å²) in [4.78, 5) is 12.1. The van der Waals surface area contributed by atoms with Crippen LogP contribution in [-0.2, 0) is 14.3 Å². The van der Waals surface area contributed by atoms with Crippen LogP contribution in [-0.4, -0.2) is 38.4 Å². The van der Waals surface area contributed by atoms with E-state index >= 15 is 0 Å². The molecule has 0 bridgehead atoms. The van der Waals surface area contributed by atoms with Crippen molar-refractivity contribution in [2.45, 2.75) is 52.0 Å². The van der Waals surface area contributed by atoms with Gasteiger partial charge in [0, 0.05) is 6.61 Å². The molecule has 0 saturated heterocycles. The van der Waals surface area contributed by atoms with Gasteiger partial charge in [-0.3, -0.25) is 5.32 Å². The van der Waals surface area contributed by atoms with Crippen LogP contribution in [0.4, 0.5) is 0 Å². The fourth-order valence-electron chi connectivity index (χ4n) is 2.51. The summed E-state index contributed by atoms with van der Waals surface area (Å²) in [6.07, 6.45) is 4.37. The maximum absolute atomic E-state index is 12.1.